The lowest BCUT2D eigenvalue weighted by Crippen LogP contribution is -2.25. The second-order valence-corrected chi connectivity index (χ2v) is 8.16. The third kappa shape index (κ3) is 4.80. The maximum atomic E-state index is 12.6. The lowest BCUT2D eigenvalue weighted by Gasteiger charge is -2.09. The standard InChI is InChI=1S/C27H24N6O3/c34-23-8-3-1-6-21(23)25-30-26(22-7-2-4-9-24(22)35)33(31-25)20-12-10-19(11-13-20)27(36)29-14-5-16-32-17-15-28-18-32/h1-4,6-13,15,17-18,34-35H,5,14,16H2,(H,29,36). The number of aromatic nitrogens is 5. The van der Waals surface area contributed by atoms with Gasteiger partial charge in [0.05, 0.1) is 23.1 Å². The summed E-state index contributed by atoms with van der Waals surface area (Å²) in [5.74, 6) is 0.663. The molecule has 0 atom stereocenters. The molecule has 0 aliphatic carbocycles. The Morgan fingerprint density at radius 2 is 1.58 bits per heavy atom. The Morgan fingerprint density at radius 1 is 0.889 bits per heavy atom. The number of nitrogens with zero attached hydrogens (tertiary/aromatic N) is 5. The van der Waals surface area contributed by atoms with Crippen LogP contribution in [0.5, 0.6) is 11.5 Å². The smallest absolute Gasteiger partial charge is 0.251 e. The van der Waals surface area contributed by atoms with E-state index in [0.29, 0.717) is 40.6 Å². The van der Waals surface area contributed by atoms with E-state index in [9.17, 15) is 15.0 Å². The summed E-state index contributed by atoms with van der Waals surface area (Å²) in [5, 5.41) is 28.3. The quantitative estimate of drug-likeness (QED) is 0.289. The highest BCUT2D eigenvalue weighted by Crippen LogP contribution is 2.33. The van der Waals surface area contributed by atoms with E-state index in [2.05, 4.69) is 20.4 Å². The molecule has 9 nitrogen and oxygen atoms in total. The Morgan fingerprint density at radius 3 is 2.25 bits per heavy atom. The minimum atomic E-state index is -0.165. The van der Waals surface area contributed by atoms with E-state index in [1.54, 1.807) is 90.0 Å². The van der Waals surface area contributed by atoms with Gasteiger partial charge in [0, 0.05) is 31.0 Å². The van der Waals surface area contributed by atoms with Gasteiger partial charge in [0.1, 0.15) is 11.5 Å². The number of phenolic OH excluding ortho intramolecular Hbond substituents is 2. The summed E-state index contributed by atoms with van der Waals surface area (Å²) in [6.45, 7) is 1.32. The lowest BCUT2D eigenvalue weighted by molar-refractivity contribution is 0.0952. The van der Waals surface area contributed by atoms with Gasteiger partial charge in [0.2, 0.25) is 0 Å². The largest absolute Gasteiger partial charge is 0.507 e. The fourth-order valence-corrected chi connectivity index (χ4v) is 3.84. The molecule has 0 bridgehead atoms. The molecule has 0 fully saturated rings. The number of carbonyl (C=O) groups is 1. The van der Waals surface area contributed by atoms with Crippen molar-refractivity contribution in [2.75, 3.05) is 6.54 Å². The number of amides is 1. The van der Waals surface area contributed by atoms with Gasteiger partial charge in [-0.15, -0.1) is 5.10 Å². The highest BCUT2D eigenvalue weighted by Gasteiger charge is 2.19. The van der Waals surface area contributed by atoms with E-state index < -0.39 is 0 Å². The van der Waals surface area contributed by atoms with Crippen molar-refractivity contribution in [1.82, 2.24) is 29.6 Å². The molecule has 0 aliphatic heterocycles. The number of rotatable bonds is 8. The van der Waals surface area contributed by atoms with E-state index >= 15 is 0 Å². The first kappa shape index (κ1) is 22.9. The zero-order valence-corrected chi connectivity index (χ0v) is 19.3. The highest BCUT2D eigenvalue weighted by molar-refractivity contribution is 5.94. The van der Waals surface area contributed by atoms with Gasteiger partial charge in [-0.1, -0.05) is 24.3 Å². The number of nitrogens with one attached hydrogen (secondary N) is 1. The Kier molecular flexibility index (Phi) is 6.44. The maximum absolute atomic E-state index is 12.6. The summed E-state index contributed by atoms with van der Waals surface area (Å²) in [6.07, 6.45) is 6.15. The topological polar surface area (TPSA) is 118 Å². The van der Waals surface area contributed by atoms with Crippen LogP contribution in [-0.4, -0.2) is 47.0 Å². The van der Waals surface area contributed by atoms with Gasteiger partial charge in [0.15, 0.2) is 11.6 Å². The Balaban J connectivity index is 1.39. The zero-order chi connectivity index (χ0) is 24.9. The predicted molar refractivity (Wildman–Crippen MR) is 135 cm³/mol. The van der Waals surface area contributed by atoms with Crippen molar-refractivity contribution >= 4 is 5.91 Å². The molecule has 3 aromatic carbocycles. The molecule has 0 unspecified atom stereocenters. The van der Waals surface area contributed by atoms with Crippen LogP contribution in [0, 0.1) is 0 Å². The van der Waals surface area contributed by atoms with Gasteiger partial charge in [-0.05, 0) is 55.0 Å². The molecule has 3 N–H and O–H groups in total. The predicted octanol–water partition coefficient (Wildman–Crippen LogP) is 4.03. The molecule has 0 spiro atoms. The van der Waals surface area contributed by atoms with Crippen LogP contribution in [0.15, 0.2) is 91.5 Å². The van der Waals surface area contributed by atoms with E-state index in [4.69, 9.17) is 0 Å². The fourth-order valence-electron chi connectivity index (χ4n) is 3.84. The SMILES string of the molecule is O=C(NCCCn1ccnc1)c1ccc(-n2nc(-c3ccccc3O)nc2-c2ccccc2O)cc1. The van der Waals surface area contributed by atoms with Gasteiger partial charge >= 0.3 is 0 Å². The van der Waals surface area contributed by atoms with Crippen molar-refractivity contribution in [3.8, 4) is 40.0 Å². The van der Waals surface area contributed by atoms with Gasteiger partial charge in [-0.3, -0.25) is 4.79 Å². The Bertz CT molecular complexity index is 1480. The third-order valence-corrected chi connectivity index (χ3v) is 5.71. The summed E-state index contributed by atoms with van der Waals surface area (Å²) in [5.41, 5.74) is 2.14. The van der Waals surface area contributed by atoms with Crippen molar-refractivity contribution in [2.24, 2.45) is 0 Å². The summed E-state index contributed by atoms with van der Waals surface area (Å²) >= 11 is 0. The highest BCUT2D eigenvalue weighted by atomic mass is 16.3. The zero-order valence-electron chi connectivity index (χ0n) is 19.3. The van der Waals surface area contributed by atoms with Gasteiger partial charge in [0.25, 0.3) is 5.91 Å². The van der Waals surface area contributed by atoms with Crippen molar-refractivity contribution in [2.45, 2.75) is 13.0 Å². The molecule has 5 aromatic rings. The van der Waals surface area contributed by atoms with E-state index in [1.165, 1.54) is 0 Å². The minimum Gasteiger partial charge on any atom is -0.507 e. The summed E-state index contributed by atoms with van der Waals surface area (Å²) in [4.78, 5) is 21.2. The number of imidazole rings is 1. The first-order chi connectivity index (χ1) is 17.6. The second kappa shape index (κ2) is 10.1. The van der Waals surface area contributed by atoms with E-state index in [1.807, 2.05) is 10.8 Å². The molecule has 9 heteroatoms. The van der Waals surface area contributed by atoms with Crippen LogP contribution in [-0.2, 0) is 6.54 Å². The molecular weight excluding hydrogens is 456 g/mol. The first-order valence-corrected chi connectivity index (χ1v) is 11.5. The maximum Gasteiger partial charge on any atom is 0.251 e. The molecule has 2 heterocycles. The molecule has 5 rings (SSSR count). The molecule has 0 radical (unpaired) electrons. The van der Waals surface area contributed by atoms with Crippen LogP contribution < -0.4 is 5.32 Å². The van der Waals surface area contributed by atoms with Crippen LogP contribution in [0.3, 0.4) is 0 Å². The number of para-hydroxylation sites is 2. The molecular formula is C27H24N6O3. The summed E-state index contributed by atoms with van der Waals surface area (Å²) in [7, 11) is 0. The number of hydrogen-bond donors (Lipinski definition) is 3. The van der Waals surface area contributed by atoms with Crippen molar-refractivity contribution in [3.05, 3.63) is 97.1 Å². The lowest BCUT2D eigenvalue weighted by atomic mass is 10.1. The Hall–Kier alpha value is -4.92. The molecule has 180 valence electrons. The molecule has 0 aliphatic rings. The fraction of sp³-hybridized carbons (Fsp3) is 0.111. The normalized spacial score (nSPS) is 10.9. The molecule has 0 saturated heterocycles. The number of carbonyl (C=O) groups excluding carboxylic acids is 1. The molecule has 36 heavy (non-hydrogen) atoms. The number of aromatic hydroxyl groups is 2. The number of phenols is 2. The van der Waals surface area contributed by atoms with E-state index in [0.717, 1.165) is 13.0 Å². The van der Waals surface area contributed by atoms with Crippen molar-refractivity contribution < 1.29 is 15.0 Å². The van der Waals surface area contributed by atoms with Crippen LogP contribution in [0.4, 0.5) is 0 Å². The van der Waals surface area contributed by atoms with Gasteiger partial charge in [-0.25, -0.2) is 14.6 Å². The number of aryl methyl sites for hydroxylation is 1. The molecule has 1 amide bonds. The number of hydrogen-bond acceptors (Lipinski definition) is 6. The average molecular weight is 481 g/mol. The summed E-state index contributed by atoms with van der Waals surface area (Å²) < 4.78 is 3.55. The van der Waals surface area contributed by atoms with Crippen LogP contribution in [0.1, 0.15) is 16.8 Å². The van der Waals surface area contributed by atoms with Crippen LogP contribution in [0.2, 0.25) is 0 Å². The second-order valence-electron chi connectivity index (χ2n) is 8.16. The van der Waals surface area contributed by atoms with Crippen molar-refractivity contribution in [1.29, 1.82) is 0 Å². The number of benzene rings is 3. The minimum absolute atomic E-state index is 0.0542. The van der Waals surface area contributed by atoms with Crippen LogP contribution in [0.25, 0.3) is 28.5 Å². The van der Waals surface area contributed by atoms with Crippen LogP contribution >= 0.6 is 0 Å². The van der Waals surface area contributed by atoms with Gasteiger partial charge < -0.3 is 20.1 Å². The summed E-state index contributed by atoms with van der Waals surface area (Å²) in [6, 6.07) is 20.6. The first-order valence-electron chi connectivity index (χ1n) is 11.5. The molecule has 0 saturated carbocycles. The third-order valence-electron chi connectivity index (χ3n) is 5.71. The molecule has 2 aromatic heterocycles. The monoisotopic (exact) mass is 480 g/mol. The van der Waals surface area contributed by atoms with Gasteiger partial charge in [-0.2, -0.15) is 0 Å². The van der Waals surface area contributed by atoms with Crippen molar-refractivity contribution in [3.63, 3.8) is 0 Å². The Labute approximate surface area is 207 Å². The average Bonchev–Trinajstić information content (AvgIpc) is 3.58. The van der Waals surface area contributed by atoms with E-state index in [-0.39, 0.29) is 17.4 Å².